The van der Waals surface area contributed by atoms with Crippen LogP contribution in [0.25, 0.3) is 16.8 Å². The van der Waals surface area contributed by atoms with Crippen LogP contribution in [0.4, 0.5) is 15.3 Å². The van der Waals surface area contributed by atoms with E-state index in [0.717, 1.165) is 16.3 Å². The van der Waals surface area contributed by atoms with Gasteiger partial charge in [-0.3, -0.25) is 4.79 Å². The Kier molecular flexibility index (Phi) is 8.65. The van der Waals surface area contributed by atoms with Gasteiger partial charge in [0, 0.05) is 17.6 Å². The van der Waals surface area contributed by atoms with Gasteiger partial charge in [0.15, 0.2) is 5.78 Å². The van der Waals surface area contributed by atoms with E-state index in [1.807, 2.05) is 30.3 Å². The van der Waals surface area contributed by atoms with Crippen molar-refractivity contribution < 1.29 is 33.4 Å². The van der Waals surface area contributed by atoms with Crippen molar-refractivity contribution in [2.45, 2.75) is 58.8 Å². The van der Waals surface area contributed by atoms with Crippen LogP contribution in [-0.4, -0.2) is 60.9 Å². The fourth-order valence-electron chi connectivity index (χ4n) is 3.78. The summed E-state index contributed by atoms with van der Waals surface area (Å²) >= 11 is 0. The number of allylic oxidation sites excluding steroid dienone is 1. The predicted octanol–water partition coefficient (Wildman–Crippen LogP) is 4.42. The van der Waals surface area contributed by atoms with Gasteiger partial charge in [-0.15, -0.1) is 0 Å². The van der Waals surface area contributed by atoms with Crippen LogP contribution >= 0.6 is 0 Å². The average molecular weight is 526 g/mol. The minimum atomic E-state index is -1.21. The number of hydrogen-bond donors (Lipinski definition) is 3. The molecule has 2 aromatic rings. The molecule has 3 N–H and O–H groups in total. The zero-order chi connectivity index (χ0) is 28.1. The molecule has 204 valence electrons. The summed E-state index contributed by atoms with van der Waals surface area (Å²) in [5.41, 5.74) is 0.641. The van der Waals surface area contributed by atoms with Crippen LogP contribution in [-0.2, 0) is 19.0 Å². The Hall–Kier alpha value is -4.08. The number of amides is 2. The highest BCUT2D eigenvalue weighted by atomic mass is 16.6. The highest BCUT2D eigenvalue weighted by molar-refractivity contribution is 6.23. The summed E-state index contributed by atoms with van der Waals surface area (Å²) < 4.78 is 15.8. The molecule has 0 bridgehead atoms. The lowest BCUT2D eigenvalue weighted by Crippen LogP contribution is -2.51. The molecule has 0 spiro atoms. The molecule has 2 aromatic carbocycles. The van der Waals surface area contributed by atoms with Gasteiger partial charge in [-0.1, -0.05) is 30.3 Å². The molecule has 3 rings (SSSR count). The van der Waals surface area contributed by atoms with Gasteiger partial charge in [-0.25, -0.2) is 14.4 Å². The summed E-state index contributed by atoms with van der Waals surface area (Å²) in [5, 5.41) is 9.88. The van der Waals surface area contributed by atoms with E-state index >= 15 is 0 Å². The summed E-state index contributed by atoms with van der Waals surface area (Å²) in [6.45, 7) is 10.1. The van der Waals surface area contributed by atoms with E-state index in [1.54, 1.807) is 47.6 Å². The van der Waals surface area contributed by atoms with Gasteiger partial charge >= 0.3 is 18.2 Å². The fraction of sp³-hybridized carbons (Fsp3) is 0.429. The molecule has 0 aliphatic heterocycles. The Morgan fingerprint density at radius 1 is 0.895 bits per heavy atom. The molecule has 10 heteroatoms. The molecular weight excluding hydrogens is 490 g/mol. The fourth-order valence-corrected chi connectivity index (χ4v) is 3.78. The van der Waals surface area contributed by atoms with E-state index in [4.69, 9.17) is 14.2 Å². The van der Waals surface area contributed by atoms with Crippen LogP contribution in [0.15, 0.2) is 36.4 Å². The lowest BCUT2D eigenvalue weighted by molar-refractivity contribution is -0.145. The van der Waals surface area contributed by atoms with E-state index in [9.17, 15) is 19.2 Å². The SMILES string of the molecule is CC(C)(C)OC(=O)NCC(NC(=O)OC(C)(C)C)C(=O)OCCNc1ccc2cccc3c2c1C(=O)C=C3. The van der Waals surface area contributed by atoms with Crippen LogP contribution in [0.5, 0.6) is 0 Å². The number of esters is 1. The first-order valence-electron chi connectivity index (χ1n) is 12.4. The van der Waals surface area contributed by atoms with Gasteiger partial charge in [-0.05, 0) is 64.6 Å². The third-order valence-electron chi connectivity index (χ3n) is 5.23. The normalized spacial score (nSPS) is 13.5. The Balaban J connectivity index is 1.61. The van der Waals surface area contributed by atoms with E-state index in [0.29, 0.717) is 11.3 Å². The van der Waals surface area contributed by atoms with Gasteiger partial charge in [0.2, 0.25) is 0 Å². The molecule has 2 amide bonds. The van der Waals surface area contributed by atoms with Gasteiger partial charge in [-0.2, -0.15) is 0 Å². The topological polar surface area (TPSA) is 132 Å². The third-order valence-corrected chi connectivity index (χ3v) is 5.23. The van der Waals surface area contributed by atoms with Crippen molar-refractivity contribution in [2.24, 2.45) is 0 Å². The molecule has 0 saturated heterocycles. The van der Waals surface area contributed by atoms with Crippen LogP contribution < -0.4 is 16.0 Å². The van der Waals surface area contributed by atoms with Crippen molar-refractivity contribution in [3.63, 3.8) is 0 Å². The lowest BCUT2D eigenvalue weighted by Gasteiger charge is -2.24. The predicted molar refractivity (Wildman–Crippen MR) is 144 cm³/mol. The zero-order valence-corrected chi connectivity index (χ0v) is 22.6. The summed E-state index contributed by atoms with van der Waals surface area (Å²) in [7, 11) is 0. The highest BCUT2D eigenvalue weighted by Crippen LogP contribution is 2.33. The Bertz CT molecular complexity index is 1260. The number of alkyl carbamates (subject to hydrolysis) is 2. The lowest BCUT2D eigenvalue weighted by atomic mass is 9.91. The molecule has 1 aliphatic rings. The minimum Gasteiger partial charge on any atom is -0.462 e. The first-order valence-corrected chi connectivity index (χ1v) is 12.4. The van der Waals surface area contributed by atoms with Crippen LogP contribution in [0.2, 0.25) is 0 Å². The quantitative estimate of drug-likeness (QED) is 0.262. The first-order chi connectivity index (χ1) is 17.7. The second kappa shape index (κ2) is 11.5. The molecule has 0 aromatic heterocycles. The number of nitrogens with one attached hydrogen (secondary N) is 3. The summed E-state index contributed by atoms with van der Waals surface area (Å²) in [6.07, 6.45) is 1.76. The number of benzene rings is 2. The molecule has 0 radical (unpaired) electrons. The first kappa shape index (κ1) is 28.5. The van der Waals surface area contributed by atoms with E-state index in [-0.39, 0.29) is 25.5 Å². The van der Waals surface area contributed by atoms with E-state index in [1.165, 1.54) is 6.08 Å². The second-order valence-electron chi connectivity index (χ2n) is 10.8. The Morgan fingerprint density at radius 2 is 1.58 bits per heavy atom. The molecule has 1 aliphatic carbocycles. The van der Waals surface area contributed by atoms with E-state index in [2.05, 4.69) is 16.0 Å². The Labute approximate surface area is 222 Å². The van der Waals surface area contributed by atoms with Crippen LogP contribution in [0.1, 0.15) is 57.5 Å². The summed E-state index contributed by atoms with van der Waals surface area (Å²) in [5.74, 6) is -0.876. The molecule has 38 heavy (non-hydrogen) atoms. The van der Waals surface area contributed by atoms with Gasteiger partial charge < -0.3 is 30.2 Å². The van der Waals surface area contributed by atoms with Crippen LogP contribution in [0.3, 0.4) is 0 Å². The number of rotatable bonds is 8. The van der Waals surface area contributed by atoms with Gasteiger partial charge in [0.05, 0.1) is 12.1 Å². The van der Waals surface area contributed by atoms with Crippen molar-refractivity contribution in [2.75, 3.05) is 25.0 Å². The monoisotopic (exact) mass is 525 g/mol. The highest BCUT2D eigenvalue weighted by Gasteiger charge is 2.27. The number of anilines is 1. The minimum absolute atomic E-state index is 0.0546. The average Bonchev–Trinajstić information content (AvgIpc) is 2.79. The number of ether oxygens (including phenoxy) is 3. The maximum absolute atomic E-state index is 12.8. The number of hydrogen-bond acceptors (Lipinski definition) is 8. The second-order valence-corrected chi connectivity index (χ2v) is 10.8. The molecule has 0 saturated carbocycles. The summed E-state index contributed by atoms with van der Waals surface area (Å²) in [6, 6.07) is 8.36. The molecule has 1 atom stereocenters. The smallest absolute Gasteiger partial charge is 0.408 e. The number of carbonyl (C=O) groups is 4. The maximum atomic E-state index is 12.8. The molecule has 1 unspecified atom stereocenters. The standard InChI is InChI=1S/C28H35N3O7/c1-27(2,3)37-25(34)30-16-20(31-26(35)38-28(4,5)6)24(33)36-15-14-29-19-12-10-17-8-7-9-18-11-13-21(32)23(19)22(17)18/h7-13,20,29H,14-16H2,1-6H3,(H,30,34)(H,31,35). The van der Waals surface area contributed by atoms with Crippen molar-refractivity contribution in [1.29, 1.82) is 0 Å². The summed E-state index contributed by atoms with van der Waals surface area (Å²) in [4.78, 5) is 49.7. The zero-order valence-electron chi connectivity index (χ0n) is 22.6. The van der Waals surface area contributed by atoms with Crippen molar-refractivity contribution in [3.05, 3.63) is 47.5 Å². The molecule has 0 heterocycles. The van der Waals surface area contributed by atoms with Crippen molar-refractivity contribution in [3.8, 4) is 0 Å². The molecule has 0 fully saturated rings. The van der Waals surface area contributed by atoms with Gasteiger partial charge in [0.1, 0.15) is 23.9 Å². The van der Waals surface area contributed by atoms with Gasteiger partial charge in [0.25, 0.3) is 0 Å². The molecular formula is C28H35N3O7. The number of ketones is 1. The maximum Gasteiger partial charge on any atom is 0.408 e. The molecule has 10 nitrogen and oxygen atoms in total. The van der Waals surface area contributed by atoms with Crippen molar-refractivity contribution in [1.82, 2.24) is 10.6 Å². The van der Waals surface area contributed by atoms with Crippen molar-refractivity contribution >= 4 is 46.5 Å². The Morgan fingerprint density at radius 3 is 2.26 bits per heavy atom. The third kappa shape index (κ3) is 7.96. The largest absolute Gasteiger partial charge is 0.462 e. The van der Waals surface area contributed by atoms with Crippen LogP contribution in [0, 0.1) is 0 Å². The van der Waals surface area contributed by atoms with E-state index < -0.39 is 35.4 Å². The number of carbonyl (C=O) groups excluding carboxylic acids is 4.